The van der Waals surface area contributed by atoms with Crippen molar-refractivity contribution in [3.05, 3.63) is 60.2 Å². The number of hydrogen-bond acceptors (Lipinski definition) is 4. The number of amides is 2. The lowest BCUT2D eigenvalue weighted by Crippen LogP contribution is -2.50. The van der Waals surface area contributed by atoms with Crippen LogP contribution in [0.2, 0.25) is 0 Å². The van der Waals surface area contributed by atoms with Crippen molar-refractivity contribution in [2.45, 2.75) is 0 Å². The zero-order chi connectivity index (χ0) is 17.6. The molecule has 2 amide bonds. The Morgan fingerprint density at radius 2 is 1.36 bits per heavy atom. The molecule has 0 saturated carbocycles. The summed E-state index contributed by atoms with van der Waals surface area (Å²) in [5, 5.41) is 0. The predicted octanol–water partition coefficient (Wildman–Crippen LogP) is 3.00. The van der Waals surface area contributed by atoms with Gasteiger partial charge in [0.1, 0.15) is 11.5 Å². The second kappa shape index (κ2) is 7.70. The topological polar surface area (TPSA) is 59.1 Å². The summed E-state index contributed by atoms with van der Waals surface area (Å²) in [6, 6.07) is 16.6. The van der Waals surface area contributed by atoms with E-state index in [0.717, 1.165) is 5.75 Å². The van der Waals surface area contributed by atoms with Gasteiger partial charge in [-0.25, -0.2) is 4.79 Å². The minimum absolute atomic E-state index is 0.0456. The number of nitrogens with zero attached hydrogens (tertiary/aromatic N) is 2. The van der Waals surface area contributed by atoms with E-state index in [2.05, 4.69) is 0 Å². The van der Waals surface area contributed by atoms with Gasteiger partial charge in [-0.15, -0.1) is 0 Å². The first-order chi connectivity index (χ1) is 12.2. The quantitative estimate of drug-likeness (QED) is 0.862. The predicted molar refractivity (Wildman–Crippen MR) is 92.8 cm³/mol. The van der Waals surface area contributed by atoms with Crippen LogP contribution in [0, 0.1) is 0 Å². The van der Waals surface area contributed by atoms with Crippen LogP contribution in [0.25, 0.3) is 0 Å². The Labute approximate surface area is 146 Å². The lowest BCUT2D eigenvalue weighted by molar-refractivity contribution is 0.0599. The van der Waals surface area contributed by atoms with Gasteiger partial charge in [0, 0.05) is 31.7 Å². The first kappa shape index (κ1) is 16.8. The smallest absolute Gasteiger partial charge is 0.409 e. The molecule has 0 spiro atoms. The van der Waals surface area contributed by atoms with Crippen molar-refractivity contribution in [3.8, 4) is 11.5 Å². The Kier molecular flexibility index (Phi) is 5.18. The summed E-state index contributed by atoms with van der Waals surface area (Å²) in [6.45, 7) is 1.95. The number of methoxy groups -OCH3 is 1. The van der Waals surface area contributed by atoms with E-state index in [1.54, 1.807) is 34.1 Å². The van der Waals surface area contributed by atoms with Crippen molar-refractivity contribution in [2.75, 3.05) is 33.3 Å². The monoisotopic (exact) mass is 340 g/mol. The first-order valence-electron chi connectivity index (χ1n) is 8.12. The maximum Gasteiger partial charge on any atom is 0.409 e. The summed E-state index contributed by atoms with van der Waals surface area (Å²) in [6.07, 6.45) is -0.352. The van der Waals surface area contributed by atoms with E-state index < -0.39 is 0 Å². The van der Waals surface area contributed by atoms with E-state index >= 15 is 0 Å². The molecular weight excluding hydrogens is 320 g/mol. The lowest BCUT2D eigenvalue weighted by Gasteiger charge is -2.33. The second-order valence-electron chi connectivity index (χ2n) is 5.69. The van der Waals surface area contributed by atoms with Crippen molar-refractivity contribution in [2.24, 2.45) is 0 Å². The number of ether oxygens (including phenoxy) is 2. The van der Waals surface area contributed by atoms with Crippen LogP contribution in [0.3, 0.4) is 0 Å². The molecule has 0 aromatic heterocycles. The minimum atomic E-state index is -0.352. The van der Waals surface area contributed by atoms with Gasteiger partial charge in [-0.2, -0.15) is 0 Å². The Morgan fingerprint density at radius 3 is 1.96 bits per heavy atom. The SMILES string of the molecule is COC(=O)N1CCN(C(=O)c2ccc(Oc3ccccc3)cc2)CC1. The number of carbonyl (C=O) groups excluding carboxylic acids is 2. The fourth-order valence-electron chi connectivity index (χ4n) is 2.69. The van der Waals surface area contributed by atoms with Crippen LogP contribution in [0.4, 0.5) is 4.79 Å². The van der Waals surface area contributed by atoms with Gasteiger partial charge in [-0.1, -0.05) is 18.2 Å². The van der Waals surface area contributed by atoms with Crippen LogP contribution in [0.15, 0.2) is 54.6 Å². The highest BCUT2D eigenvalue weighted by atomic mass is 16.5. The van der Waals surface area contributed by atoms with E-state index in [-0.39, 0.29) is 12.0 Å². The summed E-state index contributed by atoms with van der Waals surface area (Å²) in [7, 11) is 1.36. The van der Waals surface area contributed by atoms with Crippen molar-refractivity contribution in [1.29, 1.82) is 0 Å². The van der Waals surface area contributed by atoms with E-state index in [4.69, 9.17) is 9.47 Å². The molecule has 0 bridgehead atoms. The molecular formula is C19H20N2O4. The summed E-state index contributed by atoms with van der Waals surface area (Å²) in [5.41, 5.74) is 0.604. The fraction of sp³-hybridized carbons (Fsp3) is 0.263. The molecule has 1 aliphatic rings. The van der Waals surface area contributed by atoms with Crippen molar-refractivity contribution >= 4 is 12.0 Å². The lowest BCUT2D eigenvalue weighted by atomic mass is 10.1. The standard InChI is InChI=1S/C19H20N2O4/c1-24-19(23)21-13-11-20(12-14-21)18(22)15-7-9-17(10-8-15)25-16-5-3-2-4-6-16/h2-10H,11-14H2,1H3. The van der Waals surface area contributed by atoms with Crippen LogP contribution in [0.1, 0.15) is 10.4 Å². The highest BCUT2D eigenvalue weighted by Crippen LogP contribution is 2.21. The van der Waals surface area contributed by atoms with Crippen molar-refractivity contribution < 1.29 is 19.1 Å². The molecule has 1 heterocycles. The van der Waals surface area contributed by atoms with Gasteiger partial charge in [0.2, 0.25) is 0 Å². The van der Waals surface area contributed by atoms with Crippen LogP contribution in [-0.4, -0.2) is 55.1 Å². The summed E-state index contributed by atoms with van der Waals surface area (Å²) in [5.74, 6) is 1.38. The Balaban J connectivity index is 1.59. The second-order valence-corrected chi connectivity index (χ2v) is 5.69. The average molecular weight is 340 g/mol. The van der Waals surface area contributed by atoms with Crippen LogP contribution < -0.4 is 4.74 Å². The van der Waals surface area contributed by atoms with Gasteiger partial charge in [-0.05, 0) is 36.4 Å². The number of hydrogen-bond donors (Lipinski definition) is 0. The minimum Gasteiger partial charge on any atom is -0.457 e. The number of piperazine rings is 1. The maximum absolute atomic E-state index is 12.6. The van der Waals surface area contributed by atoms with Gasteiger partial charge in [0.25, 0.3) is 5.91 Å². The number of benzene rings is 2. The molecule has 1 fully saturated rings. The van der Waals surface area contributed by atoms with Gasteiger partial charge < -0.3 is 19.3 Å². The molecule has 1 saturated heterocycles. The fourth-order valence-corrected chi connectivity index (χ4v) is 2.69. The molecule has 1 aliphatic heterocycles. The molecule has 2 aromatic carbocycles. The molecule has 0 atom stereocenters. The molecule has 0 radical (unpaired) electrons. The van der Waals surface area contributed by atoms with Gasteiger partial charge >= 0.3 is 6.09 Å². The Morgan fingerprint density at radius 1 is 0.800 bits per heavy atom. The molecule has 0 unspecified atom stereocenters. The third-order valence-electron chi connectivity index (χ3n) is 4.08. The van der Waals surface area contributed by atoms with Gasteiger partial charge in [0.05, 0.1) is 7.11 Å². The Bertz CT molecular complexity index is 723. The first-order valence-corrected chi connectivity index (χ1v) is 8.12. The summed E-state index contributed by atoms with van der Waals surface area (Å²) >= 11 is 0. The highest BCUT2D eigenvalue weighted by molar-refractivity contribution is 5.94. The summed E-state index contributed by atoms with van der Waals surface area (Å²) < 4.78 is 10.4. The third kappa shape index (κ3) is 4.09. The van der Waals surface area contributed by atoms with Crippen molar-refractivity contribution in [3.63, 3.8) is 0 Å². The summed E-state index contributed by atoms with van der Waals surface area (Å²) in [4.78, 5) is 27.4. The third-order valence-corrected chi connectivity index (χ3v) is 4.08. The number of carbonyl (C=O) groups is 2. The van der Waals surface area contributed by atoms with Crippen LogP contribution in [-0.2, 0) is 4.74 Å². The largest absolute Gasteiger partial charge is 0.457 e. The van der Waals surface area contributed by atoms with Gasteiger partial charge in [0.15, 0.2) is 0 Å². The van der Waals surface area contributed by atoms with Crippen LogP contribution in [0.5, 0.6) is 11.5 Å². The maximum atomic E-state index is 12.6. The van der Waals surface area contributed by atoms with E-state index in [0.29, 0.717) is 37.5 Å². The zero-order valence-corrected chi connectivity index (χ0v) is 14.1. The average Bonchev–Trinajstić information content (AvgIpc) is 2.68. The molecule has 130 valence electrons. The molecule has 0 aliphatic carbocycles. The molecule has 6 nitrogen and oxygen atoms in total. The molecule has 6 heteroatoms. The van der Waals surface area contributed by atoms with E-state index in [9.17, 15) is 9.59 Å². The highest BCUT2D eigenvalue weighted by Gasteiger charge is 2.25. The van der Waals surface area contributed by atoms with Crippen molar-refractivity contribution in [1.82, 2.24) is 9.80 Å². The normalized spacial score (nSPS) is 14.1. The molecule has 2 aromatic rings. The van der Waals surface area contributed by atoms with Crippen LogP contribution >= 0.6 is 0 Å². The molecule has 3 rings (SSSR count). The number of para-hydroxylation sites is 1. The Hall–Kier alpha value is -3.02. The van der Waals surface area contributed by atoms with E-state index in [1.807, 2.05) is 30.3 Å². The number of rotatable bonds is 3. The zero-order valence-electron chi connectivity index (χ0n) is 14.1. The van der Waals surface area contributed by atoms with Gasteiger partial charge in [-0.3, -0.25) is 4.79 Å². The molecule has 25 heavy (non-hydrogen) atoms. The molecule has 0 N–H and O–H groups in total. The van der Waals surface area contributed by atoms with E-state index in [1.165, 1.54) is 7.11 Å².